The van der Waals surface area contributed by atoms with Crippen molar-refractivity contribution in [3.63, 3.8) is 0 Å². The van der Waals surface area contributed by atoms with E-state index in [1.54, 1.807) is 11.5 Å². The van der Waals surface area contributed by atoms with Gasteiger partial charge in [-0.3, -0.25) is 0 Å². The van der Waals surface area contributed by atoms with Crippen LogP contribution in [0.25, 0.3) is 0 Å². The lowest BCUT2D eigenvalue weighted by Gasteiger charge is -2.23. The molecule has 1 aliphatic carbocycles. The van der Waals surface area contributed by atoms with Crippen molar-refractivity contribution < 1.29 is 0 Å². The number of nitrogens with zero attached hydrogens (tertiary/aromatic N) is 3. The largest absolute Gasteiger partial charge is 0.342 e. The van der Waals surface area contributed by atoms with Crippen LogP contribution in [-0.2, 0) is 0 Å². The van der Waals surface area contributed by atoms with E-state index in [1.165, 1.54) is 19.3 Å². The summed E-state index contributed by atoms with van der Waals surface area (Å²) in [6.07, 6.45) is 3.76. The summed E-state index contributed by atoms with van der Waals surface area (Å²) in [7, 11) is 0. The monoisotopic (exact) mass is 257 g/mol. The van der Waals surface area contributed by atoms with E-state index in [9.17, 15) is 0 Å². The highest BCUT2D eigenvalue weighted by molar-refractivity contribution is 7.09. The zero-order valence-electron chi connectivity index (χ0n) is 9.40. The van der Waals surface area contributed by atoms with Crippen LogP contribution < -0.4 is 4.90 Å². The molecule has 1 saturated carbocycles. The third kappa shape index (κ3) is 1.82. The summed E-state index contributed by atoms with van der Waals surface area (Å²) in [4.78, 5) is 7.01. The summed E-state index contributed by atoms with van der Waals surface area (Å²) in [6.45, 7) is 3.35. The standard InChI is InChI=1S/C11H16ClN3S/c1-7-4-5-15(9(7)6-12)11-13-10(14-16-11)8-2-3-8/h7-9H,2-6H2,1H3. The Morgan fingerprint density at radius 1 is 1.44 bits per heavy atom. The normalized spacial score (nSPS) is 30.0. The lowest BCUT2D eigenvalue weighted by molar-refractivity contribution is 0.550. The van der Waals surface area contributed by atoms with Gasteiger partial charge >= 0.3 is 0 Å². The van der Waals surface area contributed by atoms with Crippen LogP contribution in [0.1, 0.15) is 37.9 Å². The summed E-state index contributed by atoms with van der Waals surface area (Å²) in [5.41, 5.74) is 0. The zero-order valence-corrected chi connectivity index (χ0v) is 11.0. The molecule has 0 amide bonds. The van der Waals surface area contributed by atoms with Gasteiger partial charge in [0.2, 0.25) is 5.13 Å². The highest BCUT2D eigenvalue weighted by Crippen LogP contribution is 2.40. The van der Waals surface area contributed by atoms with Crippen LogP contribution in [0.15, 0.2) is 0 Å². The van der Waals surface area contributed by atoms with Crippen LogP contribution in [0.5, 0.6) is 0 Å². The molecular formula is C11H16ClN3S. The third-order valence-corrected chi connectivity index (χ3v) is 4.74. The summed E-state index contributed by atoms with van der Waals surface area (Å²) >= 11 is 7.59. The fourth-order valence-corrected chi connectivity index (χ4v) is 3.63. The van der Waals surface area contributed by atoms with E-state index >= 15 is 0 Å². The molecule has 0 radical (unpaired) electrons. The predicted octanol–water partition coefficient (Wildman–Crippen LogP) is 2.87. The van der Waals surface area contributed by atoms with Gasteiger partial charge in [-0.2, -0.15) is 4.37 Å². The number of hydrogen-bond donors (Lipinski definition) is 0. The number of aromatic nitrogens is 2. The van der Waals surface area contributed by atoms with Crippen molar-refractivity contribution in [2.24, 2.45) is 5.92 Å². The van der Waals surface area contributed by atoms with Crippen LogP contribution in [0.3, 0.4) is 0 Å². The molecule has 0 spiro atoms. The molecule has 2 fully saturated rings. The SMILES string of the molecule is CC1CCN(c2nc(C3CC3)ns2)C1CCl. The maximum absolute atomic E-state index is 6.04. The molecule has 5 heteroatoms. The minimum absolute atomic E-state index is 0.446. The molecule has 1 saturated heterocycles. The first-order valence-electron chi connectivity index (χ1n) is 5.96. The minimum atomic E-state index is 0.446. The van der Waals surface area contributed by atoms with E-state index < -0.39 is 0 Å². The van der Waals surface area contributed by atoms with Crippen molar-refractivity contribution >= 4 is 28.3 Å². The maximum Gasteiger partial charge on any atom is 0.205 e. The first-order valence-corrected chi connectivity index (χ1v) is 7.26. The molecular weight excluding hydrogens is 242 g/mol. The van der Waals surface area contributed by atoms with Gasteiger partial charge in [0.15, 0.2) is 0 Å². The lowest BCUT2D eigenvalue weighted by atomic mass is 10.1. The Morgan fingerprint density at radius 2 is 2.25 bits per heavy atom. The van der Waals surface area contributed by atoms with Crippen molar-refractivity contribution in [3.05, 3.63) is 5.82 Å². The van der Waals surface area contributed by atoms with Gasteiger partial charge in [0.25, 0.3) is 0 Å². The minimum Gasteiger partial charge on any atom is -0.342 e. The summed E-state index contributed by atoms with van der Waals surface area (Å²) in [5, 5.41) is 1.08. The number of anilines is 1. The van der Waals surface area contributed by atoms with Gasteiger partial charge in [0.05, 0.1) is 0 Å². The second-order valence-electron chi connectivity index (χ2n) is 4.89. The molecule has 0 aromatic carbocycles. The molecule has 16 heavy (non-hydrogen) atoms. The third-order valence-electron chi connectivity index (χ3n) is 3.66. The van der Waals surface area contributed by atoms with Crippen LogP contribution >= 0.6 is 23.1 Å². The highest BCUT2D eigenvalue weighted by atomic mass is 35.5. The first kappa shape index (κ1) is 10.8. The van der Waals surface area contributed by atoms with E-state index in [-0.39, 0.29) is 0 Å². The zero-order chi connectivity index (χ0) is 11.1. The van der Waals surface area contributed by atoms with Gasteiger partial charge in [-0.05, 0) is 25.2 Å². The van der Waals surface area contributed by atoms with Crippen LogP contribution in [-0.4, -0.2) is 27.8 Å². The van der Waals surface area contributed by atoms with Gasteiger partial charge in [0, 0.05) is 35.9 Å². The van der Waals surface area contributed by atoms with E-state index in [0.717, 1.165) is 17.5 Å². The Hall–Kier alpha value is -0.350. The molecule has 3 nitrogen and oxygen atoms in total. The molecule has 0 N–H and O–H groups in total. The number of hydrogen-bond acceptors (Lipinski definition) is 4. The van der Waals surface area contributed by atoms with Crippen molar-refractivity contribution in [1.29, 1.82) is 0 Å². The summed E-state index contributed by atoms with van der Waals surface area (Å²) < 4.78 is 4.46. The van der Waals surface area contributed by atoms with Crippen LogP contribution in [0.2, 0.25) is 0 Å². The Balaban J connectivity index is 1.79. The summed E-state index contributed by atoms with van der Waals surface area (Å²) in [6, 6.07) is 0.446. The van der Waals surface area contributed by atoms with Crippen molar-refractivity contribution in [3.8, 4) is 0 Å². The molecule has 1 aromatic rings. The average molecular weight is 258 g/mol. The molecule has 1 aromatic heterocycles. The predicted molar refractivity (Wildman–Crippen MR) is 67.5 cm³/mol. The Morgan fingerprint density at radius 3 is 2.94 bits per heavy atom. The molecule has 1 aliphatic heterocycles. The molecule has 2 aliphatic rings. The van der Waals surface area contributed by atoms with Crippen molar-refractivity contribution in [2.45, 2.75) is 38.1 Å². The molecule has 3 rings (SSSR count). The number of rotatable bonds is 3. The fraction of sp³-hybridized carbons (Fsp3) is 0.818. The second-order valence-corrected chi connectivity index (χ2v) is 5.93. The van der Waals surface area contributed by atoms with E-state index in [4.69, 9.17) is 11.6 Å². The van der Waals surface area contributed by atoms with Gasteiger partial charge in [-0.1, -0.05) is 6.92 Å². The van der Waals surface area contributed by atoms with Crippen molar-refractivity contribution in [2.75, 3.05) is 17.3 Å². The topological polar surface area (TPSA) is 29.0 Å². The molecule has 88 valence electrons. The number of halogens is 1. The van der Waals surface area contributed by atoms with Gasteiger partial charge in [-0.25, -0.2) is 4.98 Å². The van der Waals surface area contributed by atoms with E-state index in [1.807, 2.05) is 0 Å². The first-order chi connectivity index (χ1) is 7.79. The van der Waals surface area contributed by atoms with Gasteiger partial charge < -0.3 is 4.90 Å². The quantitative estimate of drug-likeness (QED) is 0.780. The fourth-order valence-electron chi connectivity index (χ4n) is 2.33. The highest BCUT2D eigenvalue weighted by Gasteiger charge is 2.34. The summed E-state index contributed by atoms with van der Waals surface area (Å²) in [5.74, 6) is 3.08. The van der Waals surface area contributed by atoms with Crippen molar-refractivity contribution in [1.82, 2.24) is 9.36 Å². The maximum atomic E-state index is 6.04. The second kappa shape index (κ2) is 4.15. The van der Waals surface area contributed by atoms with E-state index in [2.05, 4.69) is 21.2 Å². The van der Waals surface area contributed by atoms with Crippen LogP contribution in [0, 0.1) is 5.92 Å². The molecule has 2 atom stereocenters. The Labute approximate surface area is 105 Å². The van der Waals surface area contributed by atoms with E-state index in [0.29, 0.717) is 23.8 Å². The average Bonchev–Trinajstić information content (AvgIpc) is 2.90. The Kier molecular flexibility index (Phi) is 2.80. The van der Waals surface area contributed by atoms with Crippen LogP contribution in [0.4, 0.5) is 5.13 Å². The molecule has 0 bridgehead atoms. The number of alkyl halides is 1. The van der Waals surface area contributed by atoms with Gasteiger partial charge in [-0.15, -0.1) is 11.6 Å². The van der Waals surface area contributed by atoms with Gasteiger partial charge in [0.1, 0.15) is 5.82 Å². The molecule has 2 unspecified atom stereocenters. The Bertz CT molecular complexity index is 377. The smallest absolute Gasteiger partial charge is 0.205 e. The molecule has 2 heterocycles. The lowest BCUT2D eigenvalue weighted by Crippen LogP contribution is -2.33.